The minimum Gasteiger partial charge on any atom is -0.507 e. The second-order valence-corrected chi connectivity index (χ2v) is 5.99. The number of carbonyl (C=O) groups is 2. The first-order chi connectivity index (χ1) is 12.5. The third kappa shape index (κ3) is 3.59. The average molecular weight is 350 g/mol. The van der Waals surface area contributed by atoms with Gasteiger partial charge in [-0.1, -0.05) is 36.4 Å². The van der Waals surface area contributed by atoms with Crippen LogP contribution in [0.5, 0.6) is 5.75 Å². The zero-order valence-electron chi connectivity index (χ0n) is 13.8. The van der Waals surface area contributed by atoms with Crippen molar-refractivity contribution in [1.29, 1.82) is 0 Å². The molecule has 6 heteroatoms. The number of allylic oxidation sites excluding steroid dienone is 2. The number of benzene rings is 2. The van der Waals surface area contributed by atoms with Crippen LogP contribution in [0.2, 0.25) is 0 Å². The van der Waals surface area contributed by atoms with Gasteiger partial charge in [-0.3, -0.25) is 4.79 Å². The zero-order chi connectivity index (χ0) is 18.7. The van der Waals surface area contributed by atoms with Gasteiger partial charge in [-0.25, -0.2) is 4.79 Å². The van der Waals surface area contributed by atoms with Crippen molar-refractivity contribution in [3.05, 3.63) is 77.4 Å². The fourth-order valence-corrected chi connectivity index (χ4v) is 2.89. The fourth-order valence-electron chi connectivity index (χ4n) is 2.89. The highest BCUT2D eigenvalue weighted by Crippen LogP contribution is 2.28. The van der Waals surface area contributed by atoms with Gasteiger partial charge in [0.2, 0.25) is 0 Å². The molecule has 0 saturated carbocycles. The largest absolute Gasteiger partial charge is 0.507 e. The molecule has 0 spiro atoms. The lowest BCUT2D eigenvalue weighted by atomic mass is 9.89. The van der Waals surface area contributed by atoms with Crippen LogP contribution >= 0.6 is 0 Å². The Hall–Kier alpha value is -3.54. The maximum absolute atomic E-state index is 12.5. The first-order valence-electron chi connectivity index (χ1n) is 8.04. The molecular formula is C20H18N2O4. The van der Waals surface area contributed by atoms with E-state index >= 15 is 0 Å². The molecule has 0 aliphatic heterocycles. The van der Waals surface area contributed by atoms with Crippen molar-refractivity contribution in [2.45, 2.75) is 12.5 Å². The predicted octanol–water partition coefficient (Wildman–Crippen LogP) is 2.57. The molecule has 0 saturated heterocycles. The Kier molecular flexibility index (Phi) is 4.75. The lowest BCUT2D eigenvalue weighted by Gasteiger charge is -2.24. The lowest BCUT2D eigenvalue weighted by Crippen LogP contribution is -2.39. The van der Waals surface area contributed by atoms with Crippen LogP contribution in [0.25, 0.3) is 5.57 Å². The molecule has 1 unspecified atom stereocenters. The second-order valence-electron chi connectivity index (χ2n) is 5.99. The summed E-state index contributed by atoms with van der Waals surface area (Å²) < 4.78 is 0. The summed E-state index contributed by atoms with van der Waals surface area (Å²) in [4.78, 5) is 24.1. The number of amides is 1. The Balaban J connectivity index is 1.87. The molecule has 0 radical (unpaired) electrons. The van der Waals surface area contributed by atoms with Crippen LogP contribution in [0, 0.1) is 0 Å². The Labute approximate surface area is 150 Å². The molecule has 1 amide bonds. The number of hydrogen-bond acceptors (Lipinski definition) is 4. The van der Waals surface area contributed by atoms with Gasteiger partial charge in [0.25, 0.3) is 5.91 Å². The van der Waals surface area contributed by atoms with E-state index in [1.807, 2.05) is 30.3 Å². The topological polar surface area (TPSA) is 113 Å². The Bertz CT molecular complexity index is 917. The highest BCUT2D eigenvalue weighted by atomic mass is 16.4. The molecule has 1 atom stereocenters. The third-order valence-electron chi connectivity index (χ3n) is 4.23. The van der Waals surface area contributed by atoms with Gasteiger partial charge in [-0.05, 0) is 41.8 Å². The summed E-state index contributed by atoms with van der Waals surface area (Å²) in [6.07, 6.45) is 3.58. The number of aliphatic carboxylic acids is 1. The molecule has 26 heavy (non-hydrogen) atoms. The van der Waals surface area contributed by atoms with Gasteiger partial charge in [0.1, 0.15) is 5.75 Å². The smallest absolute Gasteiger partial charge is 0.333 e. The number of nitrogen functional groups attached to an aromatic ring is 1. The summed E-state index contributed by atoms with van der Waals surface area (Å²) >= 11 is 0. The number of rotatable bonds is 4. The molecule has 1 aliphatic rings. The monoisotopic (exact) mass is 350 g/mol. The van der Waals surface area contributed by atoms with E-state index in [0.29, 0.717) is 12.1 Å². The number of carboxylic acid groups (broad SMARTS) is 1. The lowest BCUT2D eigenvalue weighted by molar-refractivity contribution is -0.133. The minimum atomic E-state index is -1.10. The number of nitrogens with two attached hydrogens (primary N) is 1. The molecule has 2 aromatic carbocycles. The number of carboxylic acids is 1. The Morgan fingerprint density at radius 2 is 1.81 bits per heavy atom. The van der Waals surface area contributed by atoms with Gasteiger partial charge < -0.3 is 21.3 Å². The molecule has 0 bridgehead atoms. The summed E-state index contributed by atoms with van der Waals surface area (Å²) in [5.41, 5.74) is 7.96. The van der Waals surface area contributed by atoms with Crippen LogP contribution in [-0.2, 0) is 4.79 Å². The fraction of sp³-hybridized carbons (Fsp3) is 0.100. The van der Waals surface area contributed by atoms with Crippen LogP contribution in [0.1, 0.15) is 22.3 Å². The molecule has 0 fully saturated rings. The number of anilines is 1. The number of aromatic hydroxyl groups is 1. The summed E-state index contributed by atoms with van der Waals surface area (Å²) in [5.74, 6) is -1.90. The van der Waals surface area contributed by atoms with E-state index in [0.717, 1.165) is 11.1 Å². The Morgan fingerprint density at radius 1 is 1.08 bits per heavy atom. The maximum atomic E-state index is 12.5. The van der Waals surface area contributed by atoms with Crippen molar-refractivity contribution in [3.8, 4) is 5.75 Å². The molecule has 132 valence electrons. The standard InChI is InChI=1S/C20H18N2O4/c21-14-7-9-18(23)16(11-14)19(24)22-17-10-13(6-8-15(17)20(25)26)12-4-2-1-3-5-12/h1-9,11,17,23H,10,21H2,(H,22,24)(H,25,26). The van der Waals surface area contributed by atoms with E-state index in [4.69, 9.17) is 5.73 Å². The minimum absolute atomic E-state index is 0.00514. The van der Waals surface area contributed by atoms with Crippen LogP contribution in [0.15, 0.2) is 66.3 Å². The van der Waals surface area contributed by atoms with Gasteiger partial charge >= 0.3 is 5.97 Å². The van der Waals surface area contributed by atoms with Crippen molar-refractivity contribution >= 4 is 23.1 Å². The zero-order valence-corrected chi connectivity index (χ0v) is 13.8. The first-order valence-corrected chi connectivity index (χ1v) is 8.04. The van der Waals surface area contributed by atoms with Crippen molar-refractivity contribution in [2.24, 2.45) is 0 Å². The van der Waals surface area contributed by atoms with E-state index in [2.05, 4.69) is 5.32 Å². The second kappa shape index (κ2) is 7.14. The highest BCUT2D eigenvalue weighted by Gasteiger charge is 2.27. The maximum Gasteiger partial charge on any atom is 0.333 e. The quantitative estimate of drug-likeness (QED) is 0.500. The molecule has 0 aromatic heterocycles. The van der Waals surface area contributed by atoms with E-state index in [1.54, 1.807) is 6.08 Å². The van der Waals surface area contributed by atoms with E-state index in [-0.39, 0.29) is 16.9 Å². The first kappa shape index (κ1) is 17.3. The summed E-state index contributed by atoms with van der Waals surface area (Å²) in [7, 11) is 0. The molecule has 3 rings (SSSR count). The number of hydrogen-bond donors (Lipinski definition) is 4. The summed E-state index contributed by atoms with van der Waals surface area (Å²) in [6.45, 7) is 0. The summed E-state index contributed by atoms with van der Waals surface area (Å²) in [5, 5.41) is 22.0. The number of carbonyl (C=O) groups excluding carboxylic acids is 1. The normalized spacial score (nSPS) is 16.4. The van der Waals surface area contributed by atoms with Crippen LogP contribution in [0.4, 0.5) is 5.69 Å². The molecule has 1 aliphatic carbocycles. The van der Waals surface area contributed by atoms with Gasteiger partial charge in [0.15, 0.2) is 0 Å². The number of phenolic OH excluding ortho intramolecular Hbond substituents is 1. The molecule has 2 aromatic rings. The van der Waals surface area contributed by atoms with Crippen LogP contribution in [0.3, 0.4) is 0 Å². The van der Waals surface area contributed by atoms with E-state index in [1.165, 1.54) is 24.3 Å². The SMILES string of the molecule is Nc1ccc(O)c(C(=O)NC2CC(c3ccccc3)=CC=C2C(=O)O)c1. The van der Waals surface area contributed by atoms with Crippen LogP contribution < -0.4 is 11.1 Å². The van der Waals surface area contributed by atoms with Crippen molar-refractivity contribution < 1.29 is 19.8 Å². The number of phenols is 1. The molecule has 5 N–H and O–H groups in total. The summed E-state index contributed by atoms with van der Waals surface area (Å²) in [6, 6.07) is 13.0. The van der Waals surface area contributed by atoms with Crippen molar-refractivity contribution in [3.63, 3.8) is 0 Å². The molecule has 6 nitrogen and oxygen atoms in total. The van der Waals surface area contributed by atoms with Crippen molar-refractivity contribution in [2.75, 3.05) is 5.73 Å². The van der Waals surface area contributed by atoms with E-state index in [9.17, 15) is 19.8 Å². The van der Waals surface area contributed by atoms with Gasteiger partial charge in [0, 0.05) is 5.69 Å². The van der Waals surface area contributed by atoms with Crippen LogP contribution in [-0.4, -0.2) is 28.1 Å². The average Bonchev–Trinajstić information content (AvgIpc) is 2.64. The third-order valence-corrected chi connectivity index (χ3v) is 4.23. The Morgan fingerprint density at radius 3 is 2.50 bits per heavy atom. The van der Waals surface area contributed by atoms with Gasteiger partial charge in [0.05, 0.1) is 17.2 Å². The van der Waals surface area contributed by atoms with E-state index < -0.39 is 17.9 Å². The highest BCUT2D eigenvalue weighted by molar-refractivity contribution is 6.00. The number of nitrogens with one attached hydrogen (secondary N) is 1. The van der Waals surface area contributed by atoms with Gasteiger partial charge in [-0.15, -0.1) is 0 Å². The van der Waals surface area contributed by atoms with Crippen molar-refractivity contribution in [1.82, 2.24) is 5.32 Å². The molecule has 0 heterocycles. The molecular weight excluding hydrogens is 332 g/mol. The van der Waals surface area contributed by atoms with Gasteiger partial charge in [-0.2, -0.15) is 0 Å². The predicted molar refractivity (Wildman–Crippen MR) is 98.5 cm³/mol.